The van der Waals surface area contributed by atoms with E-state index in [1.54, 1.807) is 29.2 Å². The second-order valence-electron chi connectivity index (χ2n) is 6.94. The third-order valence-corrected chi connectivity index (χ3v) is 5.45. The lowest BCUT2D eigenvalue weighted by molar-refractivity contribution is 0.102. The minimum absolute atomic E-state index is 0.206. The molecule has 0 aromatic carbocycles. The molecule has 0 aliphatic carbocycles. The van der Waals surface area contributed by atoms with E-state index < -0.39 is 0 Å². The van der Waals surface area contributed by atoms with Crippen molar-refractivity contribution in [3.63, 3.8) is 0 Å². The highest BCUT2D eigenvalue weighted by atomic mass is 32.1. The maximum atomic E-state index is 12.4. The molecule has 1 fully saturated rings. The lowest BCUT2D eigenvalue weighted by Gasteiger charge is -2.30. The van der Waals surface area contributed by atoms with Crippen LogP contribution in [0.4, 0.5) is 5.13 Å². The zero-order valence-corrected chi connectivity index (χ0v) is 16.0. The number of hydrogen-bond donors (Lipinski definition) is 1. The number of amides is 1. The molecule has 1 aliphatic heterocycles. The summed E-state index contributed by atoms with van der Waals surface area (Å²) in [7, 11) is 0. The summed E-state index contributed by atoms with van der Waals surface area (Å²) in [4.78, 5) is 23.7. The number of rotatable bonds is 5. The molecule has 8 heteroatoms. The maximum absolute atomic E-state index is 12.4. The smallest absolute Gasteiger partial charge is 0.259 e. The Morgan fingerprint density at radius 1 is 1.41 bits per heavy atom. The van der Waals surface area contributed by atoms with Crippen molar-refractivity contribution in [2.75, 3.05) is 18.4 Å². The lowest BCUT2D eigenvalue weighted by atomic mass is 10.0. The number of nitrogens with one attached hydrogen (secondary N) is 1. The van der Waals surface area contributed by atoms with Crippen molar-refractivity contribution in [1.82, 2.24) is 24.6 Å². The maximum Gasteiger partial charge on any atom is 0.259 e. The van der Waals surface area contributed by atoms with Gasteiger partial charge in [0.05, 0.1) is 11.3 Å². The fraction of sp³-hybridized carbons (Fsp3) is 0.368. The largest absolute Gasteiger partial charge is 0.298 e. The van der Waals surface area contributed by atoms with Gasteiger partial charge in [-0.1, -0.05) is 6.92 Å². The first kappa shape index (κ1) is 17.8. The van der Waals surface area contributed by atoms with Crippen molar-refractivity contribution < 1.29 is 4.79 Å². The standard InChI is InChI=1S/C19H22N6OS/c1-14-4-2-8-24(11-14)12-16-13-27-19(22-16)23-18(26)15-5-6-17(20-10-15)25-9-3-7-21-25/h3,5-7,9-10,13-14H,2,4,8,11-12H2,1H3,(H,22,23,26). The zero-order chi connectivity index (χ0) is 18.6. The number of aromatic nitrogens is 4. The molecule has 0 bridgehead atoms. The Balaban J connectivity index is 1.36. The highest BCUT2D eigenvalue weighted by molar-refractivity contribution is 7.13. The number of anilines is 1. The fourth-order valence-electron chi connectivity index (χ4n) is 3.33. The van der Waals surface area contributed by atoms with Gasteiger partial charge in [-0.3, -0.25) is 15.0 Å². The summed E-state index contributed by atoms with van der Waals surface area (Å²) in [5.74, 6) is 1.21. The Bertz CT molecular complexity index is 889. The zero-order valence-electron chi connectivity index (χ0n) is 15.2. The van der Waals surface area contributed by atoms with E-state index in [9.17, 15) is 4.79 Å². The predicted molar refractivity (Wildman–Crippen MR) is 105 cm³/mol. The van der Waals surface area contributed by atoms with Crippen LogP contribution in [0.5, 0.6) is 0 Å². The van der Waals surface area contributed by atoms with Crippen molar-refractivity contribution in [1.29, 1.82) is 0 Å². The number of thiazole rings is 1. The minimum atomic E-state index is -0.206. The molecule has 1 amide bonds. The summed E-state index contributed by atoms with van der Waals surface area (Å²) >= 11 is 1.46. The van der Waals surface area contributed by atoms with Gasteiger partial charge in [0, 0.05) is 37.1 Å². The summed E-state index contributed by atoms with van der Waals surface area (Å²) in [6.45, 7) is 5.38. The topological polar surface area (TPSA) is 75.9 Å². The van der Waals surface area contributed by atoms with Crippen molar-refractivity contribution in [2.45, 2.75) is 26.3 Å². The van der Waals surface area contributed by atoms with E-state index in [0.29, 0.717) is 16.5 Å². The summed E-state index contributed by atoms with van der Waals surface area (Å²) in [5.41, 5.74) is 1.50. The molecule has 1 N–H and O–H groups in total. The highest BCUT2D eigenvalue weighted by Gasteiger charge is 2.18. The molecule has 140 valence electrons. The van der Waals surface area contributed by atoms with E-state index in [4.69, 9.17) is 0 Å². The Labute approximate surface area is 162 Å². The Hall–Kier alpha value is -2.58. The molecule has 0 spiro atoms. The third kappa shape index (κ3) is 4.40. The Morgan fingerprint density at radius 3 is 3.07 bits per heavy atom. The van der Waals surface area contributed by atoms with Crippen LogP contribution in [0.15, 0.2) is 42.2 Å². The van der Waals surface area contributed by atoms with E-state index in [-0.39, 0.29) is 5.91 Å². The average molecular weight is 382 g/mol. The molecular formula is C19H22N6OS. The quantitative estimate of drug-likeness (QED) is 0.733. The second-order valence-corrected chi connectivity index (χ2v) is 7.79. The van der Waals surface area contributed by atoms with Crippen LogP contribution in [0.3, 0.4) is 0 Å². The van der Waals surface area contributed by atoms with Crippen molar-refractivity contribution in [3.8, 4) is 5.82 Å². The third-order valence-electron chi connectivity index (χ3n) is 4.65. The number of carbonyl (C=O) groups is 1. The van der Waals surface area contributed by atoms with E-state index >= 15 is 0 Å². The van der Waals surface area contributed by atoms with E-state index in [1.165, 1.54) is 24.2 Å². The van der Waals surface area contributed by atoms with Crippen molar-refractivity contribution in [2.24, 2.45) is 5.92 Å². The van der Waals surface area contributed by atoms with Crippen LogP contribution in [0.25, 0.3) is 5.82 Å². The van der Waals surface area contributed by atoms with Gasteiger partial charge in [-0.15, -0.1) is 11.3 Å². The summed E-state index contributed by atoms with van der Waals surface area (Å²) < 4.78 is 1.65. The Morgan fingerprint density at radius 2 is 2.33 bits per heavy atom. The van der Waals surface area contributed by atoms with Gasteiger partial charge in [-0.05, 0) is 43.5 Å². The van der Waals surface area contributed by atoms with Gasteiger partial charge >= 0.3 is 0 Å². The summed E-state index contributed by atoms with van der Waals surface area (Å²) in [6, 6.07) is 5.34. The number of carbonyl (C=O) groups excluding carboxylic acids is 1. The first-order valence-corrected chi connectivity index (χ1v) is 9.99. The lowest BCUT2D eigenvalue weighted by Crippen LogP contribution is -2.33. The van der Waals surface area contributed by atoms with E-state index in [2.05, 4.69) is 32.2 Å². The SMILES string of the molecule is CC1CCCN(Cc2csc(NC(=O)c3ccc(-n4cccn4)nc3)n2)C1. The monoisotopic (exact) mass is 382 g/mol. The summed E-state index contributed by atoms with van der Waals surface area (Å²) in [6.07, 6.45) is 7.60. The van der Waals surface area contributed by atoms with Gasteiger partial charge < -0.3 is 0 Å². The first-order valence-electron chi connectivity index (χ1n) is 9.11. The van der Waals surface area contributed by atoms with Crippen molar-refractivity contribution >= 4 is 22.4 Å². The molecular weight excluding hydrogens is 360 g/mol. The molecule has 3 aromatic heterocycles. The van der Waals surface area contributed by atoms with Gasteiger partial charge in [-0.2, -0.15) is 5.10 Å². The van der Waals surface area contributed by atoms with Crippen LogP contribution in [-0.4, -0.2) is 43.6 Å². The van der Waals surface area contributed by atoms with Crippen LogP contribution in [0, 0.1) is 5.92 Å². The van der Waals surface area contributed by atoms with Gasteiger partial charge in [0.2, 0.25) is 0 Å². The van der Waals surface area contributed by atoms with Gasteiger partial charge in [0.25, 0.3) is 5.91 Å². The summed E-state index contributed by atoms with van der Waals surface area (Å²) in [5, 5.41) is 9.63. The molecule has 0 saturated carbocycles. The number of hydrogen-bond acceptors (Lipinski definition) is 6. The molecule has 1 saturated heterocycles. The first-order chi connectivity index (χ1) is 13.2. The molecule has 4 rings (SSSR count). The molecule has 4 heterocycles. The van der Waals surface area contributed by atoms with Crippen LogP contribution in [0.1, 0.15) is 35.8 Å². The van der Waals surface area contributed by atoms with Gasteiger partial charge in [0.15, 0.2) is 10.9 Å². The highest BCUT2D eigenvalue weighted by Crippen LogP contribution is 2.21. The predicted octanol–water partition coefficient (Wildman–Crippen LogP) is 3.21. The number of likely N-dealkylation sites (tertiary alicyclic amines) is 1. The average Bonchev–Trinajstić information content (AvgIpc) is 3.34. The number of piperidine rings is 1. The van der Waals surface area contributed by atoms with Crippen LogP contribution < -0.4 is 5.32 Å². The fourth-order valence-corrected chi connectivity index (χ4v) is 4.02. The molecule has 0 radical (unpaired) electrons. The van der Waals surface area contributed by atoms with Crippen LogP contribution >= 0.6 is 11.3 Å². The normalized spacial score (nSPS) is 17.7. The van der Waals surface area contributed by atoms with Crippen LogP contribution in [0.2, 0.25) is 0 Å². The Kier molecular flexibility index (Phi) is 5.26. The number of nitrogens with zero attached hydrogens (tertiary/aromatic N) is 5. The van der Waals surface area contributed by atoms with Gasteiger partial charge in [-0.25, -0.2) is 14.6 Å². The molecule has 7 nitrogen and oxygen atoms in total. The van der Waals surface area contributed by atoms with Crippen LogP contribution in [-0.2, 0) is 6.54 Å². The molecule has 3 aromatic rings. The van der Waals surface area contributed by atoms with Gasteiger partial charge in [0.1, 0.15) is 0 Å². The molecule has 1 atom stereocenters. The molecule has 1 unspecified atom stereocenters. The second kappa shape index (κ2) is 7.98. The van der Waals surface area contributed by atoms with E-state index in [1.807, 2.05) is 17.6 Å². The molecule has 1 aliphatic rings. The minimum Gasteiger partial charge on any atom is -0.298 e. The van der Waals surface area contributed by atoms with E-state index in [0.717, 1.165) is 31.2 Å². The van der Waals surface area contributed by atoms with Crippen molar-refractivity contribution in [3.05, 3.63) is 53.4 Å². The number of pyridine rings is 1. The molecule has 27 heavy (non-hydrogen) atoms.